The smallest absolute Gasteiger partial charge is 0.326 e. The fourth-order valence-electron chi connectivity index (χ4n) is 4.39. The highest BCUT2D eigenvalue weighted by Crippen LogP contribution is 2.21. The summed E-state index contributed by atoms with van der Waals surface area (Å²) in [6.07, 6.45) is 2.11. The molecule has 0 spiro atoms. The number of amides is 3. The summed E-state index contributed by atoms with van der Waals surface area (Å²) >= 11 is 4.20. The first-order chi connectivity index (χ1) is 17.6. The number of carbonyl (C=O) groups is 5. The number of nitrogens with one attached hydrogen (secondary N) is 3. The number of carbonyl (C=O) groups excluding carboxylic acids is 3. The topological polar surface area (TPSA) is 195 Å². The molecule has 2 aromatic rings. The van der Waals surface area contributed by atoms with Gasteiger partial charge in [0, 0.05) is 35.8 Å². The molecule has 1 fully saturated rings. The van der Waals surface area contributed by atoms with E-state index in [2.05, 4.69) is 28.2 Å². The number of carboxylic acid groups (broad SMARTS) is 2. The highest BCUT2D eigenvalue weighted by molar-refractivity contribution is 7.80. The number of hydrogen-bond donors (Lipinski definition) is 7. The molecule has 3 amide bonds. The number of para-hydroxylation sites is 1. The fraction of sp³-hybridized carbons (Fsp3) is 0.458. The van der Waals surface area contributed by atoms with Crippen LogP contribution in [0, 0.1) is 0 Å². The predicted octanol–water partition coefficient (Wildman–Crippen LogP) is -0.122. The summed E-state index contributed by atoms with van der Waals surface area (Å²) in [7, 11) is 0. The number of aliphatic carboxylic acids is 2. The van der Waals surface area contributed by atoms with Gasteiger partial charge >= 0.3 is 11.9 Å². The van der Waals surface area contributed by atoms with Gasteiger partial charge in [0.2, 0.25) is 17.7 Å². The Bertz CT molecular complexity index is 1170. The number of nitrogens with two attached hydrogens (primary N) is 1. The van der Waals surface area contributed by atoms with Gasteiger partial charge in [0.05, 0.1) is 6.04 Å². The Hall–Kier alpha value is -3.58. The minimum Gasteiger partial charge on any atom is -0.481 e. The molecule has 1 saturated heterocycles. The largest absolute Gasteiger partial charge is 0.481 e. The molecule has 12 nitrogen and oxygen atoms in total. The molecule has 2 heterocycles. The van der Waals surface area contributed by atoms with Crippen molar-refractivity contribution in [3.8, 4) is 0 Å². The van der Waals surface area contributed by atoms with Crippen LogP contribution in [0.3, 0.4) is 0 Å². The molecular weight excluding hydrogens is 502 g/mol. The van der Waals surface area contributed by atoms with Crippen LogP contribution < -0.4 is 16.4 Å². The van der Waals surface area contributed by atoms with Gasteiger partial charge in [-0.3, -0.25) is 19.2 Å². The molecule has 13 heteroatoms. The highest BCUT2D eigenvalue weighted by Gasteiger charge is 2.38. The van der Waals surface area contributed by atoms with Crippen molar-refractivity contribution in [2.24, 2.45) is 5.73 Å². The summed E-state index contributed by atoms with van der Waals surface area (Å²) < 4.78 is 0. The van der Waals surface area contributed by atoms with E-state index in [4.69, 9.17) is 10.8 Å². The minimum absolute atomic E-state index is 0.0361. The molecule has 200 valence electrons. The Labute approximate surface area is 218 Å². The maximum absolute atomic E-state index is 13.2. The lowest BCUT2D eigenvalue weighted by Gasteiger charge is -2.29. The van der Waals surface area contributed by atoms with Crippen molar-refractivity contribution in [3.63, 3.8) is 0 Å². The second-order valence-corrected chi connectivity index (χ2v) is 9.30. The zero-order valence-corrected chi connectivity index (χ0v) is 20.9. The number of carboxylic acids is 2. The van der Waals surface area contributed by atoms with E-state index in [9.17, 15) is 29.1 Å². The molecule has 1 aliphatic heterocycles. The van der Waals surface area contributed by atoms with Gasteiger partial charge in [-0.1, -0.05) is 18.2 Å². The van der Waals surface area contributed by atoms with Crippen LogP contribution in [0.5, 0.6) is 0 Å². The zero-order chi connectivity index (χ0) is 27.1. The summed E-state index contributed by atoms with van der Waals surface area (Å²) in [4.78, 5) is 65.5. The molecule has 0 aliphatic carbocycles. The van der Waals surface area contributed by atoms with Crippen LogP contribution in [0.1, 0.15) is 31.2 Å². The molecule has 1 aromatic heterocycles. The van der Waals surface area contributed by atoms with Gasteiger partial charge in [0.15, 0.2) is 0 Å². The lowest BCUT2D eigenvalue weighted by Crippen LogP contribution is -2.57. The molecule has 0 saturated carbocycles. The average Bonchev–Trinajstić information content (AvgIpc) is 3.52. The first-order valence-electron chi connectivity index (χ1n) is 11.9. The number of fused-ring (bicyclic) bond motifs is 1. The summed E-state index contributed by atoms with van der Waals surface area (Å²) in [6.45, 7) is 0.241. The Kier molecular flexibility index (Phi) is 9.53. The Morgan fingerprint density at radius 3 is 2.54 bits per heavy atom. The summed E-state index contributed by atoms with van der Waals surface area (Å²) in [5.41, 5.74) is 7.90. The summed E-state index contributed by atoms with van der Waals surface area (Å²) in [5, 5.41) is 24.0. The minimum atomic E-state index is -1.40. The van der Waals surface area contributed by atoms with Crippen LogP contribution in [-0.2, 0) is 30.4 Å². The molecule has 3 rings (SSSR count). The summed E-state index contributed by atoms with van der Waals surface area (Å²) in [5.74, 6) is -4.35. The van der Waals surface area contributed by atoms with Gasteiger partial charge in [-0.05, 0) is 37.3 Å². The Balaban J connectivity index is 1.62. The zero-order valence-electron chi connectivity index (χ0n) is 20.1. The number of aromatic nitrogens is 1. The van der Waals surface area contributed by atoms with E-state index in [0.29, 0.717) is 12.8 Å². The normalized spacial score (nSPS) is 17.7. The van der Waals surface area contributed by atoms with Crippen molar-refractivity contribution >= 4 is 53.2 Å². The van der Waals surface area contributed by atoms with Crippen molar-refractivity contribution in [2.75, 3.05) is 12.3 Å². The van der Waals surface area contributed by atoms with Gasteiger partial charge in [-0.2, -0.15) is 12.6 Å². The maximum atomic E-state index is 13.2. The van der Waals surface area contributed by atoms with Crippen molar-refractivity contribution in [3.05, 3.63) is 36.0 Å². The average molecular weight is 534 g/mol. The van der Waals surface area contributed by atoms with Gasteiger partial charge in [-0.25, -0.2) is 4.79 Å². The van der Waals surface area contributed by atoms with Crippen molar-refractivity contribution < 1.29 is 34.2 Å². The second-order valence-electron chi connectivity index (χ2n) is 8.94. The van der Waals surface area contributed by atoms with Crippen LogP contribution in [0.4, 0.5) is 0 Å². The van der Waals surface area contributed by atoms with E-state index >= 15 is 0 Å². The number of benzene rings is 1. The Morgan fingerprint density at radius 1 is 1.14 bits per heavy atom. The Morgan fingerprint density at radius 2 is 1.86 bits per heavy atom. The van der Waals surface area contributed by atoms with Crippen LogP contribution in [0.25, 0.3) is 10.9 Å². The molecule has 37 heavy (non-hydrogen) atoms. The molecule has 0 radical (unpaired) electrons. The van der Waals surface area contributed by atoms with Gasteiger partial charge < -0.3 is 36.5 Å². The van der Waals surface area contributed by atoms with Crippen molar-refractivity contribution in [1.29, 1.82) is 0 Å². The number of thiol groups is 1. The third-order valence-corrected chi connectivity index (χ3v) is 6.71. The number of hydrogen-bond acceptors (Lipinski definition) is 7. The number of aromatic amines is 1. The molecule has 1 aliphatic rings. The third kappa shape index (κ3) is 7.01. The molecule has 1 aromatic carbocycles. The van der Waals surface area contributed by atoms with E-state index in [1.54, 1.807) is 6.20 Å². The van der Waals surface area contributed by atoms with E-state index < -0.39 is 60.2 Å². The van der Waals surface area contributed by atoms with E-state index in [-0.39, 0.29) is 25.1 Å². The lowest BCUT2D eigenvalue weighted by atomic mass is 10.0. The first kappa shape index (κ1) is 28.0. The number of H-pyrrole nitrogens is 1. The third-order valence-electron chi connectivity index (χ3n) is 6.35. The number of rotatable bonds is 12. The van der Waals surface area contributed by atoms with Gasteiger partial charge in [-0.15, -0.1) is 0 Å². The molecule has 4 unspecified atom stereocenters. The van der Waals surface area contributed by atoms with Gasteiger partial charge in [0.25, 0.3) is 0 Å². The van der Waals surface area contributed by atoms with Crippen LogP contribution >= 0.6 is 12.6 Å². The standard InChI is InChI=1S/C24H31N5O7S/c25-15(10-13-11-26-16-5-2-1-4-14(13)16)21(32)28-18(12-37)23(34)29-9-3-6-19(29)22(33)27-17(24(35)36)7-8-20(30)31/h1-2,4-5,11,15,17-19,26,37H,3,6-10,12,25H2,(H,27,33)(H,28,32)(H,30,31)(H,35,36). The lowest BCUT2D eigenvalue weighted by molar-refractivity contribution is -0.145. The second kappa shape index (κ2) is 12.6. The number of likely N-dealkylation sites (tertiary alicyclic amines) is 1. The van der Waals surface area contributed by atoms with Crippen molar-refractivity contribution in [2.45, 2.75) is 56.3 Å². The molecule has 7 N–H and O–H groups in total. The van der Waals surface area contributed by atoms with Crippen LogP contribution in [0.2, 0.25) is 0 Å². The molecule has 0 bridgehead atoms. The first-order valence-corrected chi connectivity index (χ1v) is 12.5. The molecular formula is C24H31N5O7S. The predicted molar refractivity (Wildman–Crippen MR) is 137 cm³/mol. The van der Waals surface area contributed by atoms with Crippen LogP contribution in [-0.4, -0.2) is 86.2 Å². The monoisotopic (exact) mass is 533 g/mol. The van der Waals surface area contributed by atoms with Gasteiger partial charge in [0.1, 0.15) is 18.1 Å². The van der Waals surface area contributed by atoms with E-state index in [1.165, 1.54) is 4.90 Å². The quantitative estimate of drug-likeness (QED) is 0.183. The van der Waals surface area contributed by atoms with E-state index in [0.717, 1.165) is 16.5 Å². The molecule has 4 atom stereocenters. The SMILES string of the molecule is NC(Cc1c[nH]c2ccccc12)C(=O)NC(CS)C(=O)N1CCCC1C(=O)NC(CCC(=O)O)C(=O)O. The van der Waals surface area contributed by atoms with Crippen LogP contribution in [0.15, 0.2) is 30.5 Å². The number of nitrogens with zero attached hydrogens (tertiary/aromatic N) is 1. The highest BCUT2D eigenvalue weighted by atomic mass is 32.1. The van der Waals surface area contributed by atoms with E-state index in [1.807, 2.05) is 24.3 Å². The van der Waals surface area contributed by atoms with Crippen molar-refractivity contribution in [1.82, 2.24) is 20.5 Å². The fourth-order valence-corrected chi connectivity index (χ4v) is 4.64. The maximum Gasteiger partial charge on any atom is 0.326 e. The summed E-state index contributed by atoms with van der Waals surface area (Å²) in [6, 6.07) is 3.28.